The fourth-order valence-electron chi connectivity index (χ4n) is 1.79. The van der Waals surface area contributed by atoms with Crippen molar-refractivity contribution in [3.05, 3.63) is 5.69 Å². The number of aromatic nitrogens is 2. The van der Waals surface area contributed by atoms with Crippen molar-refractivity contribution in [3.63, 3.8) is 0 Å². The number of hydrogen-bond donors (Lipinski definition) is 3. The van der Waals surface area contributed by atoms with Crippen molar-refractivity contribution in [2.45, 2.75) is 13.3 Å². The third-order valence-corrected chi connectivity index (χ3v) is 2.50. The molecule has 0 amide bonds. The Morgan fingerprint density at radius 1 is 1.31 bits per heavy atom. The standard InChI is InChI=1S/C10H20N4O2/c1-3-8-9(11)10(13(2)12-8)14(4-6-15)5-7-16/h15-16H,3-7,11H2,1-2H3. The molecule has 4 N–H and O–H groups in total. The van der Waals surface area contributed by atoms with Crippen LogP contribution in [0.5, 0.6) is 0 Å². The zero-order valence-corrected chi connectivity index (χ0v) is 9.85. The summed E-state index contributed by atoms with van der Waals surface area (Å²) >= 11 is 0. The molecule has 0 radical (unpaired) electrons. The molecule has 0 aromatic carbocycles. The highest BCUT2D eigenvalue weighted by molar-refractivity contribution is 5.66. The number of nitrogens with zero attached hydrogens (tertiary/aromatic N) is 3. The summed E-state index contributed by atoms with van der Waals surface area (Å²) in [6.45, 7) is 2.91. The maximum absolute atomic E-state index is 8.98. The fourth-order valence-corrected chi connectivity index (χ4v) is 1.79. The van der Waals surface area contributed by atoms with Gasteiger partial charge in [-0.25, -0.2) is 0 Å². The van der Waals surface area contributed by atoms with Crippen LogP contribution in [0.15, 0.2) is 0 Å². The van der Waals surface area contributed by atoms with Gasteiger partial charge in [-0.1, -0.05) is 6.92 Å². The monoisotopic (exact) mass is 228 g/mol. The summed E-state index contributed by atoms with van der Waals surface area (Å²) in [6.07, 6.45) is 0.770. The van der Waals surface area contributed by atoms with E-state index in [9.17, 15) is 0 Å². The molecule has 1 rings (SSSR count). The second-order valence-corrected chi connectivity index (χ2v) is 3.60. The lowest BCUT2D eigenvalue weighted by Crippen LogP contribution is -2.31. The summed E-state index contributed by atoms with van der Waals surface area (Å²) < 4.78 is 1.69. The molecule has 0 atom stereocenters. The second-order valence-electron chi connectivity index (χ2n) is 3.60. The molecule has 1 aromatic rings. The van der Waals surface area contributed by atoms with E-state index >= 15 is 0 Å². The van der Waals surface area contributed by atoms with E-state index in [-0.39, 0.29) is 13.2 Å². The average Bonchev–Trinajstić information content (AvgIpc) is 2.54. The van der Waals surface area contributed by atoms with E-state index in [1.807, 2.05) is 18.9 Å². The van der Waals surface area contributed by atoms with Crippen LogP contribution < -0.4 is 10.6 Å². The summed E-state index contributed by atoms with van der Waals surface area (Å²) in [7, 11) is 1.81. The van der Waals surface area contributed by atoms with Crippen molar-refractivity contribution in [1.29, 1.82) is 0 Å². The number of aliphatic hydroxyl groups excluding tert-OH is 2. The number of rotatable bonds is 6. The fraction of sp³-hybridized carbons (Fsp3) is 0.700. The van der Waals surface area contributed by atoms with Crippen LogP contribution in [0.2, 0.25) is 0 Å². The Morgan fingerprint density at radius 2 is 1.88 bits per heavy atom. The molecule has 0 unspecified atom stereocenters. The van der Waals surface area contributed by atoms with Crippen molar-refractivity contribution in [2.24, 2.45) is 7.05 Å². The highest BCUT2D eigenvalue weighted by Gasteiger charge is 2.17. The van der Waals surface area contributed by atoms with Crippen LogP contribution in [-0.2, 0) is 13.5 Å². The van der Waals surface area contributed by atoms with Gasteiger partial charge >= 0.3 is 0 Å². The van der Waals surface area contributed by atoms with Gasteiger partial charge < -0.3 is 20.8 Å². The highest BCUT2D eigenvalue weighted by atomic mass is 16.3. The van der Waals surface area contributed by atoms with Crippen LogP contribution in [-0.4, -0.2) is 46.3 Å². The van der Waals surface area contributed by atoms with Crippen LogP contribution in [0.1, 0.15) is 12.6 Å². The maximum atomic E-state index is 8.98. The van der Waals surface area contributed by atoms with Crippen molar-refractivity contribution in [1.82, 2.24) is 9.78 Å². The normalized spacial score (nSPS) is 10.8. The molecule has 16 heavy (non-hydrogen) atoms. The first-order valence-electron chi connectivity index (χ1n) is 5.43. The third-order valence-electron chi connectivity index (χ3n) is 2.50. The van der Waals surface area contributed by atoms with Gasteiger partial charge in [0.15, 0.2) is 5.82 Å². The number of aryl methyl sites for hydroxylation is 2. The summed E-state index contributed by atoms with van der Waals surface area (Å²) in [6, 6.07) is 0. The summed E-state index contributed by atoms with van der Waals surface area (Å²) in [5.74, 6) is 0.764. The molecule has 0 aliphatic heterocycles. The molecule has 6 nitrogen and oxygen atoms in total. The first-order valence-corrected chi connectivity index (χ1v) is 5.43. The number of nitrogen functional groups attached to an aromatic ring is 1. The number of aliphatic hydroxyl groups is 2. The lowest BCUT2D eigenvalue weighted by molar-refractivity contribution is 0.280. The van der Waals surface area contributed by atoms with Gasteiger partial charge in [-0.3, -0.25) is 4.68 Å². The SMILES string of the molecule is CCc1nn(C)c(N(CCO)CCO)c1N. The number of anilines is 2. The number of hydrogen-bond acceptors (Lipinski definition) is 5. The van der Waals surface area contributed by atoms with Crippen molar-refractivity contribution in [2.75, 3.05) is 36.9 Å². The predicted octanol–water partition coefficient (Wildman–Crippen LogP) is -0.644. The van der Waals surface area contributed by atoms with Gasteiger partial charge in [0.25, 0.3) is 0 Å². The van der Waals surface area contributed by atoms with Gasteiger partial charge in [0.2, 0.25) is 0 Å². The first kappa shape index (κ1) is 12.8. The Bertz CT molecular complexity index is 332. The van der Waals surface area contributed by atoms with Crippen molar-refractivity contribution >= 4 is 11.5 Å². The molecule has 0 aliphatic rings. The average molecular weight is 228 g/mol. The first-order chi connectivity index (χ1) is 7.65. The maximum Gasteiger partial charge on any atom is 0.150 e. The zero-order chi connectivity index (χ0) is 12.1. The van der Waals surface area contributed by atoms with E-state index in [1.165, 1.54) is 0 Å². The molecule has 92 valence electrons. The summed E-state index contributed by atoms with van der Waals surface area (Å²) in [5.41, 5.74) is 7.46. The lowest BCUT2D eigenvalue weighted by Gasteiger charge is -2.23. The second kappa shape index (κ2) is 5.72. The van der Waals surface area contributed by atoms with Crippen LogP contribution in [0, 0.1) is 0 Å². The smallest absolute Gasteiger partial charge is 0.150 e. The molecule has 6 heteroatoms. The minimum atomic E-state index is 0.0199. The molecular formula is C10H20N4O2. The molecule has 0 spiro atoms. The van der Waals surface area contributed by atoms with Crippen molar-refractivity contribution < 1.29 is 10.2 Å². The topological polar surface area (TPSA) is 87.5 Å². The van der Waals surface area contributed by atoms with Gasteiger partial charge in [-0.05, 0) is 6.42 Å². The number of nitrogens with two attached hydrogens (primary N) is 1. The molecule has 1 aromatic heterocycles. The molecule has 1 heterocycles. The molecule has 0 saturated heterocycles. The van der Waals surface area contributed by atoms with Crippen LogP contribution in [0.25, 0.3) is 0 Å². The zero-order valence-electron chi connectivity index (χ0n) is 9.85. The van der Waals surface area contributed by atoms with Gasteiger partial charge in [0.1, 0.15) is 0 Å². The van der Waals surface area contributed by atoms with E-state index in [2.05, 4.69) is 5.10 Å². The Labute approximate surface area is 95.3 Å². The van der Waals surface area contributed by atoms with E-state index < -0.39 is 0 Å². The predicted molar refractivity (Wildman–Crippen MR) is 63.4 cm³/mol. The molecule has 0 aliphatic carbocycles. The quantitative estimate of drug-likeness (QED) is 0.602. The van der Waals surface area contributed by atoms with Gasteiger partial charge in [-0.2, -0.15) is 5.10 Å². The van der Waals surface area contributed by atoms with Crippen LogP contribution in [0.4, 0.5) is 11.5 Å². The van der Waals surface area contributed by atoms with Crippen LogP contribution in [0.3, 0.4) is 0 Å². The van der Waals surface area contributed by atoms with E-state index in [0.29, 0.717) is 18.8 Å². The van der Waals surface area contributed by atoms with E-state index in [0.717, 1.165) is 17.9 Å². The molecule has 0 bridgehead atoms. The Kier molecular flexibility index (Phi) is 4.57. The minimum Gasteiger partial charge on any atom is -0.395 e. The Balaban J connectivity index is 3.02. The van der Waals surface area contributed by atoms with Crippen molar-refractivity contribution in [3.8, 4) is 0 Å². The van der Waals surface area contributed by atoms with E-state index in [4.69, 9.17) is 15.9 Å². The van der Waals surface area contributed by atoms with Gasteiger partial charge in [0.05, 0.1) is 24.6 Å². The summed E-state index contributed by atoms with van der Waals surface area (Å²) in [4.78, 5) is 1.83. The Morgan fingerprint density at radius 3 is 2.25 bits per heavy atom. The highest BCUT2D eigenvalue weighted by Crippen LogP contribution is 2.25. The third kappa shape index (κ3) is 2.45. The van der Waals surface area contributed by atoms with Gasteiger partial charge in [0, 0.05) is 20.1 Å². The minimum absolute atomic E-state index is 0.0199. The Hall–Kier alpha value is -1.27. The van der Waals surface area contributed by atoms with Crippen LogP contribution >= 0.6 is 0 Å². The van der Waals surface area contributed by atoms with Gasteiger partial charge in [-0.15, -0.1) is 0 Å². The molecule has 0 fully saturated rings. The molecular weight excluding hydrogens is 208 g/mol. The summed E-state index contributed by atoms with van der Waals surface area (Å²) in [5, 5.41) is 22.3. The lowest BCUT2D eigenvalue weighted by atomic mass is 10.3. The largest absolute Gasteiger partial charge is 0.395 e. The van der Waals surface area contributed by atoms with E-state index in [1.54, 1.807) is 4.68 Å². The molecule has 0 saturated carbocycles.